The number of fused-ring (bicyclic) bond motifs is 1. The summed E-state index contributed by atoms with van der Waals surface area (Å²) >= 11 is 6.08. The van der Waals surface area contributed by atoms with Crippen molar-refractivity contribution in [3.8, 4) is 0 Å². The molecule has 3 heterocycles. The molecular weight excluding hydrogens is 448 g/mol. The third kappa shape index (κ3) is 4.99. The average Bonchev–Trinajstić information content (AvgIpc) is 3.31. The lowest BCUT2D eigenvalue weighted by molar-refractivity contribution is -0.139. The Bertz CT molecular complexity index is 1010. The topological polar surface area (TPSA) is 59.7 Å². The van der Waals surface area contributed by atoms with Gasteiger partial charge in [-0.2, -0.15) is 0 Å². The number of halogens is 1. The number of nitrogens with zero attached hydrogens (tertiary/aromatic N) is 3. The molecule has 184 valence electrons. The molecule has 1 N–H and O–H groups in total. The Hall–Kier alpha value is -2.05. The van der Waals surface area contributed by atoms with Crippen molar-refractivity contribution in [2.75, 3.05) is 39.3 Å². The van der Waals surface area contributed by atoms with E-state index in [4.69, 9.17) is 11.6 Å². The molecule has 0 bridgehead atoms. The molecule has 2 amide bonds. The van der Waals surface area contributed by atoms with Crippen LogP contribution in [0.25, 0.3) is 10.9 Å². The van der Waals surface area contributed by atoms with E-state index in [0.717, 1.165) is 56.0 Å². The Morgan fingerprint density at radius 2 is 1.62 bits per heavy atom. The van der Waals surface area contributed by atoms with Crippen molar-refractivity contribution in [1.29, 1.82) is 0 Å². The summed E-state index contributed by atoms with van der Waals surface area (Å²) in [6.07, 6.45) is 8.52. The van der Waals surface area contributed by atoms with E-state index in [9.17, 15) is 9.59 Å². The number of hydrogen-bond acceptors (Lipinski definition) is 3. The summed E-state index contributed by atoms with van der Waals surface area (Å²) < 4.78 is 0. The number of piperidine rings is 1. The minimum atomic E-state index is 0.0219. The van der Waals surface area contributed by atoms with Crippen molar-refractivity contribution < 1.29 is 9.59 Å². The number of likely N-dealkylation sites (tertiary alicyclic amines) is 1. The van der Waals surface area contributed by atoms with E-state index in [-0.39, 0.29) is 11.8 Å². The Kier molecular flexibility index (Phi) is 7.16. The first kappa shape index (κ1) is 23.7. The van der Waals surface area contributed by atoms with Crippen LogP contribution in [0.3, 0.4) is 0 Å². The Morgan fingerprint density at radius 1 is 0.912 bits per heavy atom. The number of carbonyl (C=O) groups is 2. The zero-order valence-corrected chi connectivity index (χ0v) is 21.0. The molecule has 0 radical (unpaired) electrons. The lowest BCUT2D eigenvalue weighted by Crippen LogP contribution is -2.54. The predicted octanol–water partition coefficient (Wildman–Crippen LogP) is 4.79. The second-order valence-electron chi connectivity index (χ2n) is 10.5. The van der Waals surface area contributed by atoms with Crippen LogP contribution in [0.5, 0.6) is 0 Å². The molecule has 5 rings (SSSR count). The summed E-state index contributed by atoms with van der Waals surface area (Å²) in [6.45, 7) is 7.26. The first-order chi connectivity index (χ1) is 16.5. The molecule has 1 aliphatic carbocycles. The van der Waals surface area contributed by atoms with Crippen LogP contribution in [-0.2, 0) is 4.79 Å². The van der Waals surface area contributed by atoms with Crippen LogP contribution in [0.1, 0.15) is 62.4 Å². The summed E-state index contributed by atoms with van der Waals surface area (Å²) in [5.41, 5.74) is 1.53. The number of rotatable bonds is 4. The van der Waals surface area contributed by atoms with Crippen LogP contribution >= 0.6 is 11.6 Å². The zero-order valence-electron chi connectivity index (χ0n) is 20.3. The summed E-state index contributed by atoms with van der Waals surface area (Å²) in [7, 11) is 0. The quantitative estimate of drug-likeness (QED) is 0.679. The van der Waals surface area contributed by atoms with Crippen LogP contribution in [-0.4, -0.2) is 76.8 Å². The van der Waals surface area contributed by atoms with Gasteiger partial charge < -0.3 is 14.8 Å². The molecule has 0 unspecified atom stereocenters. The van der Waals surface area contributed by atoms with Gasteiger partial charge in [-0.05, 0) is 55.9 Å². The van der Waals surface area contributed by atoms with E-state index in [1.54, 1.807) is 0 Å². The molecule has 3 aliphatic rings. The summed E-state index contributed by atoms with van der Waals surface area (Å²) in [5.74, 6) is 0.701. The molecule has 1 aromatic heterocycles. The summed E-state index contributed by atoms with van der Waals surface area (Å²) in [5, 5.41) is 1.62. The van der Waals surface area contributed by atoms with Gasteiger partial charge >= 0.3 is 0 Å². The number of nitrogens with one attached hydrogen (secondary N) is 1. The molecule has 0 spiro atoms. The average molecular weight is 485 g/mol. The molecule has 2 saturated heterocycles. The highest BCUT2D eigenvalue weighted by atomic mass is 35.5. The van der Waals surface area contributed by atoms with E-state index in [1.807, 2.05) is 29.2 Å². The largest absolute Gasteiger partial charge is 0.351 e. The van der Waals surface area contributed by atoms with E-state index >= 15 is 0 Å². The molecule has 1 aromatic carbocycles. The predicted molar refractivity (Wildman–Crippen MR) is 136 cm³/mol. The van der Waals surface area contributed by atoms with Crippen LogP contribution in [0.4, 0.5) is 0 Å². The molecule has 1 atom stereocenters. The van der Waals surface area contributed by atoms with Gasteiger partial charge in [-0.25, -0.2) is 0 Å². The van der Waals surface area contributed by atoms with E-state index in [1.165, 1.54) is 32.1 Å². The van der Waals surface area contributed by atoms with Gasteiger partial charge in [0.05, 0.1) is 0 Å². The van der Waals surface area contributed by atoms with Gasteiger partial charge in [0, 0.05) is 67.2 Å². The lowest BCUT2D eigenvalue weighted by atomic mass is 9.84. The van der Waals surface area contributed by atoms with Crippen molar-refractivity contribution in [1.82, 2.24) is 19.7 Å². The number of carbonyl (C=O) groups excluding carboxylic acids is 2. The van der Waals surface area contributed by atoms with Gasteiger partial charge in [0.25, 0.3) is 5.91 Å². The fourth-order valence-corrected chi connectivity index (χ4v) is 6.42. The number of hydrogen-bond donors (Lipinski definition) is 1. The molecule has 3 fully saturated rings. The minimum Gasteiger partial charge on any atom is -0.351 e. The lowest BCUT2D eigenvalue weighted by Gasteiger charge is -2.42. The van der Waals surface area contributed by atoms with Crippen molar-refractivity contribution in [3.63, 3.8) is 0 Å². The maximum atomic E-state index is 13.3. The second-order valence-corrected chi connectivity index (χ2v) is 10.9. The van der Waals surface area contributed by atoms with Gasteiger partial charge in [0.1, 0.15) is 5.69 Å². The zero-order chi connectivity index (χ0) is 23.7. The second kappa shape index (κ2) is 10.3. The normalized spacial score (nSPS) is 22.3. The molecule has 6 nitrogen and oxygen atoms in total. The molecule has 7 heteroatoms. The van der Waals surface area contributed by atoms with Gasteiger partial charge in [-0.15, -0.1) is 0 Å². The molecule has 34 heavy (non-hydrogen) atoms. The fourth-order valence-electron chi connectivity index (χ4n) is 6.23. The third-order valence-corrected chi connectivity index (χ3v) is 8.69. The highest BCUT2D eigenvalue weighted by Crippen LogP contribution is 2.29. The van der Waals surface area contributed by atoms with Crippen molar-refractivity contribution in [3.05, 3.63) is 35.0 Å². The highest BCUT2D eigenvalue weighted by Gasteiger charge is 2.34. The Labute approximate surface area is 207 Å². The van der Waals surface area contributed by atoms with Gasteiger partial charge in [0.2, 0.25) is 5.91 Å². The van der Waals surface area contributed by atoms with Gasteiger partial charge in [-0.3, -0.25) is 14.5 Å². The first-order valence-corrected chi connectivity index (χ1v) is 13.5. The smallest absolute Gasteiger partial charge is 0.270 e. The Balaban J connectivity index is 1.11. The number of piperazine rings is 1. The molecule has 2 aliphatic heterocycles. The number of aromatic amines is 1. The molecule has 2 aromatic rings. The van der Waals surface area contributed by atoms with Crippen molar-refractivity contribution >= 4 is 34.3 Å². The minimum absolute atomic E-state index is 0.0219. The van der Waals surface area contributed by atoms with Crippen LogP contribution < -0.4 is 0 Å². The van der Waals surface area contributed by atoms with Gasteiger partial charge in [0.15, 0.2) is 0 Å². The number of H-pyrrole nitrogens is 1. The van der Waals surface area contributed by atoms with E-state index in [2.05, 4.69) is 21.7 Å². The molecule has 1 saturated carbocycles. The Morgan fingerprint density at radius 3 is 2.32 bits per heavy atom. The van der Waals surface area contributed by atoms with Gasteiger partial charge in [-0.1, -0.05) is 37.8 Å². The van der Waals surface area contributed by atoms with Crippen molar-refractivity contribution in [2.24, 2.45) is 11.8 Å². The summed E-state index contributed by atoms with van der Waals surface area (Å²) in [6, 6.07) is 8.23. The first-order valence-electron chi connectivity index (χ1n) is 13.1. The molecular formula is C27H37ClN4O2. The van der Waals surface area contributed by atoms with Crippen LogP contribution in [0.15, 0.2) is 24.3 Å². The van der Waals surface area contributed by atoms with Crippen molar-refractivity contribution in [2.45, 2.75) is 57.9 Å². The SMILES string of the molecule is C[C@H](C(=O)N1CCN(C2CCCCC2)CC1)C1CCN(C(=O)c2cc3cc(Cl)ccc3[nH]2)CC1. The number of aromatic nitrogens is 1. The third-order valence-electron chi connectivity index (χ3n) is 8.45. The number of benzene rings is 1. The fraction of sp³-hybridized carbons (Fsp3) is 0.630. The summed E-state index contributed by atoms with van der Waals surface area (Å²) in [4.78, 5) is 36.2. The standard InChI is InChI=1S/C27H37ClN4O2/c1-19(26(33)32-15-13-30(14-16-32)23-5-3-2-4-6-23)20-9-11-31(12-10-20)27(34)25-18-21-17-22(28)7-8-24(21)29-25/h7-8,17-20,23,29H,2-6,9-16H2,1H3/t19-/m0/s1. The van der Waals surface area contributed by atoms with E-state index < -0.39 is 0 Å². The van der Waals surface area contributed by atoms with Crippen LogP contribution in [0, 0.1) is 11.8 Å². The monoisotopic (exact) mass is 484 g/mol. The van der Waals surface area contributed by atoms with Crippen LogP contribution in [0.2, 0.25) is 5.02 Å². The maximum absolute atomic E-state index is 13.3. The maximum Gasteiger partial charge on any atom is 0.270 e. The highest BCUT2D eigenvalue weighted by molar-refractivity contribution is 6.31. The van der Waals surface area contributed by atoms with E-state index in [0.29, 0.717) is 35.6 Å². The number of amides is 2.